The van der Waals surface area contributed by atoms with E-state index in [4.69, 9.17) is 4.74 Å². The van der Waals surface area contributed by atoms with Crippen molar-refractivity contribution < 1.29 is 17.9 Å². The van der Waals surface area contributed by atoms with Gasteiger partial charge >= 0.3 is 6.18 Å². The summed E-state index contributed by atoms with van der Waals surface area (Å²) in [5.41, 5.74) is -0.952. The van der Waals surface area contributed by atoms with Gasteiger partial charge in [0, 0.05) is 50.4 Å². The maximum atomic E-state index is 12.7. The Morgan fingerprint density at radius 3 is 3.00 bits per heavy atom. The van der Waals surface area contributed by atoms with Crippen LogP contribution in [0, 0.1) is 0 Å². The minimum atomic E-state index is -4.48. The largest absolute Gasteiger partial charge is 0.433 e. The highest BCUT2D eigenvalue weighted by molar-refractivity contribution is 7.09. The molecule has 1 aliphatic rings. The van der Waals surface area contributed by atoms with Crippen LogP contribution in [-0.4, -0.2) is 52.2 Å². The van der Waals surface area contributed by atoms with Crippen molar-refractivity contribution in [1.82, 2.24) is 19.3 Å². The predicted octanol–water partition coefficient (Wildman–Crippen LogP) is 2.23. The molecule has 2 aromatic rings. The second kappa shape index (κ2) is 7.48. The summed E-state index contributed by atoms with van der Waals surface area (Å²) in [6, 6.07) is 0.810. The maximum absolute atomic E-state index is 12.7. The van der Waals surface area contributed by atoms with Crippen molar-refractivity contribution in [2.75, 3.05) is 37.0 Å². The Labute approximate surface area is 146 Å². The highest BCUT2D eigenvalue weighted by Gasteiger charge is 2.33. The van der Waals surface area contributed by atoms with Crippen LogP contribution < -0.4 is 10.2 Å². The molecule has 11 heteroatoms. The Bertz CT molecular complexity index is 710. The summed E-state index contributed by atoms with van der Waals surface area (Å²) < 4.78 is 47.4. The number of nitrogens with one attached hydrogen (secondary N) is 1. The highest BCUT2D eigenvalue weighted by atomic mass is 32.1. The van der Waals surface area contributed by atoms with Gasteiger partial charge in [0.05, 0.1) is 6.61 Å². The molecule has 0 radical (unpaired) electrons. The van der Waals surface area contributed by atoms with Crippen LogP contribution in [0.15, 0.2) is 12.3 Å². The van der Waals surface area contributed by atoms with Gasteiger partial charge in [-0.2, -0.15) is 17.5 Å². The van der Waals surface area contributed by atoms with E-state index in [2.05, 4.69) is 29.5 Å². The van der Waals surface area contributed by atoms with Gasteiger partial charge in [0.15, 0.2) is 0 Å². The zero-order valence-corrected chi connectivity index (χ0v) is 14.3. The number of hydrogen-bond acceptors (Lipinski definition) is 8. The molecule has 3 heterocycles. The van der Waals surface area contributed by atoms with Gasteiger partial charge in [-0.15, -0.1) is 0 Å². The minimum Gasteiger partial charge on any atom is -0.384 e. The molecular formula is C14H17F3N6OS. The lowest BCUT2D eigenvalue weighted by molar-refractivity contribution is -0.141. The summed E-state index contributed by atoms with van der Waals surface area (Å²) in [7, 11) is 1.62. The standard InChI is InChI=1S/C14H17F3N6OS/c1-24-7-4-11-21-13(25-22-11)23-6-3-9(8-23)19-12-18-5-2-10(20-12)14(15,16)17/h2,5,9H,3-4,6-8H2,1H3,(H,18,19,20). The van der Waals surface area contributed by atoms with E-state index in [1.165, 1.54) is 11.5 Å². The van der Waals surface area contributed by atoms with Crippen LogP contribution in [0.5, 0.6) is 0 Å². The van der Waals surface area contributed by atoms with E-state index in [1.54, 1.807) is 7.11 Å². The molecule has 3 rings (SSSR count). The number of methoxy groups -OCH3 is 1. The fourth-order valence-corrected chi connectivity index (χ4v) is 3.24. The van der Waals surface area contributed by atoms with Crippen molar-refractivity contribution in [3.8, 4) is 0 Å². The zero-order valence-electron chi connectivity index (χ0n) is 13.5. The Hall–Kier alpha value is -2.01. The molecule has 1 unspecified atom stereocenters. The lowest BCUT2D eigenvalue weighted by Gasteiger charge is -2.15. The molecule has 1 aliphatic heterocycles. The summed E-state index contributed by atoms with van der Waals surface area (Å²) in [6.45, 7) is 1.92. The third-order valence-corrected chi connectivity index (χ3v) is 4.54. The molecule has 0 amide bonds. The number of nitrogens with zero attached hydrogens (tertiary/aromatic N) is 5. The van der Waals surface area contributed by atoms with Crippen molar-refractivity contribution in [3.63, 3.8) is 0 Å². The smallest absolute Gasteiger partial charge is 0.384 e. The molecule has 1 fully saturated rings. The Morgan fingerprint density at radius 2 is 2.24 bits per heavy atom. The molecular weight excluding hydrogens is 357 g/mol. The predicted molar refractivity (Wildman–Crippen MR) is 86.8 cm³/mol. The van der Waals surface area contributed by atoms with Crippen LogP contribution in [0.25, 0.3) is 0 Å². The van der Waals surface area contributed by atoms with Gasteiger partial charge in [0.25, 0.3) is 0 Å². The topological polar surface area (TPSA) is 76.1 Å². The van der Waals surface area contributed by atoms with Crippen molar-refractivity contribution in [2.45, 2.75) is 25.1 Å². The van der Waals surface area contributed by atoms with Gasteiger partial charge in [-0.1, -0.05) is 0 Å². The molecule has 0 saturated carbocycles. The quantitative estimate of drug-likeness (QED) is 0.831. The average molecular weight is 374 g/mol. The number of anilines is 2. The Balaban J connectivity index is 1.59. The van der Waals surface area contributed by atoms with E-state index in [1.807, 2.05) is 0 Å². The van der Waals surface area contributed by atoms with E-state index < -0.39 is 11.9 Å². The Morgan fingerprint density at radius 1 is 1.40 bits per heavy atom. The highest BCUT2D eigenvalue weighted by Crippen LogP contribution is 2.28. The van der Waals surface area contributed by atoms with Crippen LogP contribution in [0.3, 0.4) is 0 Å². The maximum Gasteiger partial charge on any atom is 0.433 e. The number of aromatic nitrogens is 4. The van der Waals surface area contributed by atoms with Gasteiger partial charge in [-0.25, -0.2) is 15.0 Å². The molecule has 25 heavy (non-hydrogen) atoms. The summed E-state index contributed by atoms with van der Waals surface area (Å²) in [4.78, 5) is 13.9. The van der Waals surface area contributed by atoms with E-state index in [9.17, 15) is 13.2 Å². The second-order valence-corrected chi connectivity index (χ2v) is 6.31. The average Bonchev–Trinajstić information content (AvgIpc) is 3.21. The van der Waals surface area contributed by atoms with Crippen LogP contribution >= 0.6 is 11.5 Å². The third kappa shape index (κ3) is 4.54. The number of alkyl halides is 3. The molecule has 7 nitrogen and oxygen atoms in total. The van der Waals surface area contributed by atoms with Gasteiger partial charge in [0.2, 0.25) is 11.1 Å². The van der Waals surface area contributed by atoms with Crippen molar-refractivity contribution in [3.05, 3.63) is 23.8 Å². The first-order chi connectivity index (χ1) is 12.0. The van der Waals surface area contributed by atoms with Crippen molar-refractivity contribution in [2.24, 2.45) is 0 Å². The first-order valence-electron chi connectivity index (χ1n) is 7.69. The van der Waals surface area contributed by atoms with Crippen molar-refractivity contribution >= 4 is 22.6 Å². The Kier molecular flexibility index (Phi) is 5.33. The van der Waals surface area contributed by atoms with Crippen LogP contribution in [0.4, 0.5) is 24.3 Å². The first kappa shape index (κ1) is 17.8. The number of ether oxygens (including phenoxy) is 1. The molecule has 2 aromatic heterocycles. The number of hydrogen-bond donors (Lipinski definition) is 1. The van der Waals surface area contributed by atoms with Crippen LogP contribution in [0.2, 0.25) is 0 Å². The molecule has 1 saturated heterocycles. The molecule has 1 atom stereocenters. The molecule has 0 spiro atoms. The molecule has 0 aromatic carbocycles. The number of rotatable bonds is 6. The fourth-order valence-electron chi connectivity index (χ4n) is 2.49. The fraction of sp³-hybridized carbons (Fsp3) is 0.571. The first-order valence-corrected chi connectivity index (χ1v) is 8.46. The second-order valence-electron chi connectivity index (χ2n) is 5.58. The van der Waals surface area contributed by atoms with E-state index in [0.29, 0.717) is 19.6 Å². The third-order valence-electron chi connectivity index (χ3n) is 3.73. The SMILES string of the molecule is COCCc1nsc(N2CCC(Nc3nccc(C(F)(F)F)n3)C2)n1. The van der Waals surface area contributed by atoms with Gasteiger partial charge < -0.3 is 15.0 Å². The van der Waals surface area contributed by atoms with Crippen LogP contribution in [-0.2, 0) is 17.3 Å². The molecule has 136 valence electrons. The minimum absolute atomic E-state index is 0.0141. The molecule has 0 aliphatic carbocycles. The van der Waals surface area contributed by atoms with E-state index >= 15 is 0 Å². The van der Waals surface area contributed by atoms with Crippen LogP contribution in [0.1, 0.15) is 17.9 Å². The molecule has 0 bridgehead atoms. The van der Waals surface area contributed by atoms with E-state index in [-0.39, 0.29) is 12.0 Å². The lowest BCUT2D eigenvalue weighted by atomic mass is 10.3. The summed E-state index contributed by atoms with van der Waals surface area (Å²) >= 11 is 1.31. The van der Waals surface area contributed by atoms with E-state index in [0.717, 1.165) is 36.2 Å². The van der Waals surface area contributed by atoms with Crippen molar-refractivity contribution in [1.29, 1.82) is 0 Å². The number of halogens is 3. The summed E-state index contributed by atoms with van der Waals surface area (Å²) in [6.07, 6.45) is -1.96. The van der Waals surface area contributed by atoms with Gasteiger partial charge in [-0.3, -0.25) is 0 Å². The monoisotopic (exact) mass is 374 g/mol. The van der Waals surface area contributed by atoms with Gasteiger partial charge in [0.1, 0.15) is 11.5 Å². The van der Waals surface area contributed by atoms with Gasteiger partial charge in [-0.05, 0) is 12.5 Å². The zero-order chi connectivity index (χ0) is 17.9. The normalized spacial score (nSPS) is 17.9. The summed E-state index contributed by atoms with van der Waals surface area (Å²) in [5, 5.41) is 3.77. The summed E-state index contributed by atoms with van der Waals surface area (Å²) in [5.74, 6) is 0.721. The lowest BCUT2D eigenvalue weighted by Crippen LogP contribution is -2.27. The molecule has 1 N–H and O–H groups in total.